The molecule has 0 aliphatic carbocycles. The summed E-state index contributed by atoms with van der Waals surface area (Å²) in [5, 5.41) is 11.1. The highest BCUT2D eigenvalue weighted by atomic mass is 35.5. The van der Waals surface area contributed by atoms with Gasteiger partial charge in [0.25, 0.3) is 0 Å². The summed E-state index contributed by atoms with van der Waals surface area (Å²) in [4.78, 5) is 12.2. The third-order valence-corrected chi connectivity index (χ3v) is 4.03. The van der Waals surface area contributed by atoms with Crippen molar-refractivity contribution in [1.29, 1.82) is 0 Å². The first-order valence-corrected chi connectivity index (χ1v) is 8.55. The maximum absolute atomic E-state index is 12.2. The SMILES string of the molecule is COc1ccc(CC(=O)Nc2nnc(-c3cc(Cl)cc(Cl)c3)o2)cc1OC. The minimum atomic E-state index is -0.318. The van der Waals surface area contributed by atoms with Crippen LogP contribution in [0.5, 0.6) is 11.5 Å². The second kappa shape index (κ2) is 8.28. The number of benzene rings is 2. The van der Waals surface area contributed by atoms with Gasteiger partial charge in [-0.2, -0.15) is 0 Å². The van der Waals surface area contributed by atoms with Crippen molar-refractivity contribution in [2.24, 2.45) is 0 Å². The molecule has 0 aliphatic heterocycles. The molecule has 0 spiro atoms. The predicted molar refractivity (Wildman–Crippen MR) is 102 cm³/mol. The molecule has 2 aromatic carbocycles. The van der Waals surface area contributed by atoms with E-state index in [2.05, 4.69) is 15.5 Å². The monoisotopic (exact) mass is 407 g/mol. The van der Waals surface area contributed by atoms with E-state index in [0.29, 0.717) is 27.1 Å². The zero-order valence-corrected chi connectivity index (χ0v) is 16.0. The van der Waals surface area contributed by atoms with Gasteiger partial charge in [0.05, 0.1) is 20.6 Å². The smallest absolute Gasteiger partial charge is 0.322 e. The summed E-state index contributed by atoms with van der Waals surface area (Å²) in [5.41, 5.74) is 1.30. The molecular weight excluding hydrogens is 393 g/mol. The number of hydrogen-bond donors (Lipinski definition) is 1. The average Bonchev–Trinajstić information content (AvgIpc) is 3.09. The number of carbonyl (C=O) groups is 1. The fraction of sp³-hybridized carbons (Fsp3) is 0.167. The van der Waals surface area contributed by atoms with Crippen LogP contribution in [0.25, 0.3) is 11.5 Å². The maximum Gasteiger partial charge on any atom is 0.322 e. The molecule has 3 aromatic rings. The number of carbonyl (C=O) groups excluding carboxylic acids is 1. The van der Waals surface area contributed by atoms with Crippen molar-refractivity contribution in [2.75, 3.05) is 19.5 Å². The first kappa shape index (κ1) is 19.0. The van der Waals surface area contributed by atoms with Gasteiger partial charge in [0.1, 0.15) is 0 Å². The van der Waals surface area contributed by atoms with E-state index in [1.54, 1.807) is 43.5 Å². The second-order valence-electron chi connectivity index (χ2n) is 5.48. The summed E-state index contributed by atoms with van der Waals surface area (Å²) in [6.45, 7) is 0. The molecule has 0 unspecified atom stereocenters. The molecule has 140 valence electrons. The number of anilines is 1. The van der Waals surface area contributed by atoms with E-state index >= 15 is 0 Å². The second-order valence-corrected chi connectivity index (χ2v) is 6.36. The summed E-state index contributed by atoms with van der Waals surface area (Å²) >= 11 is 11.9. The van der Waals surface area contributed by atoms with E-state index in [9.17, 15) is 4.79 Å². The van der Waals surface area contributed by atoms with E-state index in [0.717, 1.165) is 5.56 Å². The van der Waals surface area contributed by atoms with Crippen LogP contribution in [-0.4, -0.2) is 30.3 Å². The number of nitrogens with zero attached hydrogens (tertiary/aromatic N) is 2. The minimum absolute atomic E-state index is 0.0217. The lowest BCUT2D eigenvalue weighted by atomic mass is 10.1. The van der Waals surface area contributed by atoms with Crippen LogP contribution in [0.4, 0.5) is 6.01 Å². The summed E-state index contributed by atoms with van der Waals surface area (Å²) in [7, 11) is 3.08. The van der Waals surface area contributed by atoms with Crippen LogP contribution in [0.1, 0.15) is 5.56 Å². The number of rotatable bonds is 6. The molecule has 0 aliphatic rings. The van der Waals surface area contributed by atoms with Gasteiger partial charge in [-0.3, -0.25) is 10.1 Å². The summed E-state index contributed by atoms with van der Waals surface area (Å²) in [5.74, 6) is 1.01. The molecule has 0 radical (unpaired) electrons. The molecule has 1 amide bonds. The topological polar surface area (TPSA) is 86.5 Å². The molecule has 0 fully saturated rings. The van der Waals surface area contributed by atoms with E-state index in [1.165, 1.54) is 7.11 Å². The van der Waals surface area contributed by atoms with Crippen LogP contribution in [0.3, 0.4) is 0 Å². The Kier molecular flexibility index (Phi) is 5.83. The Hall–Kier alpha value is -2.77. The van der Waals surface area contributed by atoms with Crippen LogP contribution in [0, 0.1) is 0 Å². The molecule has 27 heavy (non-hydrogen) atoms. The van der Waals surface area contributed by atoms with Crippen molar-refractivity contribution in [3.63, 3.8) is 0 Å². The molecule has 9 heteroatoms. The summed E-state index contributed by atoms with van der Waals surface area (Å²) < 4.78 is 15.9. The van der Waals surface area contributed by atoms with Gasteiger partial charge in [0.2, 0.25) is 11.8 Å². The van der Waals surface area contributed by atoms with E-state index in [1.807, 2.05) is 0 Å². The lowest BCUT2D eigenvalue weighted by molar-refractivity contribution is -0.115. The number of ether oxygens (including phenoxy) is 2. The average molecular weight is 408 g/mol. The highest BCUT2D eigenvalue weighted by Gasteiger charge is 2.14. The largest absolute Gasteiger partial charge is 0.493 e. The summed E-state index contributed by atoms with van der Waals surface area (Å²) in [6, 6.07) is 10.1. The standard InChI is InChI=1S/C18H15Cl2N3O4/c1-25-14-4-3-10(5-15(14)26-2)6-16(24)21-18-23-22-17(27-18)11-7-12(19)9-13(20)8-11/h3-5,7-9H,6H2,1-2H3,(H,21,23,24). The normalized spacial score (nSPS) is 10.5. The fourth-order valence-corrected chi connectivity index (χ4v) is 2.93. The Bertz CT molecular complexity index is 955. The van der Waals surface area contributed by atoms with Crippen molar-refractivity contribution < 1.29 is 18.7 Å². The molecule has 1 N–H and O–H groups in total. The molecule has 0 saturated carbocycles. The van der Waals surface area contributed by atoms with Crippen molar-refractivity contribution in [3.05, 3.63) is 52.0 Å². The van der Waals surface area contributed by atoms with Crippen LogP contribution >= 0.6 is 23.2 Å². The summed E-state index contributed by atoms with van der Waals surface area (Å²) in [6.07, 6.45) is 0.0983. The zero-order valence-electron chi connectivity index (χ0n) is 14.5. The zero-order chi connectivity index (χ0) is 19.4. The van der Waals surface area contributed by atoms with Gasteiger partial charge in [-0.05, 0) is 35.9 Å². The van der Waals surface area contributed by atoms with Crippen LogP contribution in [0.2, 0.25) is 10.0 Å². The van der Waals surface area contributed by atoms with Crippen molar-refractivity contribution in [1.82, 2.24) is 10.2 Å². The van der Waals surface area contributed by atoms with Gasteiger partial charge < -0.3 is 13.9 Å². The van der Waals surface area contributed by atoms with Crippen molar-refractivity contribution in [3.8, 4) is 23.0 Å². The fourth-order valence-electron chi connectivity index (χ4n) is 2.41. The van der Waals surface area contributed by atoms with E-state index < -0.39 is 0 Å². The predicted octanol–water partition coefficient (Wildman–Crippen LogP) is 4.24. The first-order chi connectivity index (χ1) is 13.0. The lowest BCUT2D eigenvalue weighted by Gasteiger charge is -2.09. The lowest BCUT2D eigenvalue weighted by Crippen LogP contribution is -2.14. The van der Waals surface area contributed by atoms with Gasteiger partial charge in [-0.1, -0.05) is 34.4 Å². The maximum atomic E-state index is 12.2. The first-order valence-electron chi connectivity index (χ1n) is 7.79. The molecule has 0 saturated heterocycles. The number of hydrogen-bond acceptors (Lipinski definition) is 6. The van der Waals surface area contributed by atoms with Gasteiger partial charge in [0, 0.05) is 15.6 Å². The number of methoxy groups -OCH3 is 2. The van der Waals surface area contributed by atoms with Crippen molar-refractivity contribution >= 4 is 35.1 Å². The molecule has 7 nitrogen and oxygen atoms in total. The number of nitrogens with one attached hydrogen (secondary N) is 1. The molecular formula is C18H15Cl2N3O4. The van der Waals surface area contributed by atoms with E-state index in [-0.39, 0.29) is 24.2 Å². The van der Waals surface area contributed by atoms with E-state index in [4.69, 9.17) is 37.1 Å². The van der Waals surface area contributed by atoms with Crippen LogP contribution in [0.15, 0.2) is 40.8 Å². The molecule has 0 bridgehead atoms. The van der Waals surface area contributed by atoms with Crippen molar-refractivity contribution in [2.45, 2.75) is 6.42 Å². The van der Waals surface area contributed by atoms with Gasteiger partial charge in [-0.25, -0.2) is 0 Å². The Morgan fingerprint density at radius 2 is 1.74 bits per heavy atom. The Morgan fingerprint density at radius 1 is 1.04 bits per heavy atom. The molecule has 0 atom stereocenters. The van der Waals surface area contributed by atoms with Crippen LogP contribution < -0.4 is 14.8 Å². The van der Waals surface area contributed by atoms with Gasteiger partial charge in [-0.15, -0.1) is 5.10 Å². The quantitative estimate of drug-likeness (QED) is 0.657. The Balaban J connectivity index is 1.69. The van der Waals surface area contributed by atoms with Crippen LogP contribution in [-0.2, 0) is 11.2 Å². The van der Waals surface area contributed by atoms with Gasteiger partial charge >= 0.3 is 6.01 Å². The number of halogens is 2. The molecule has 3 rings (SSSR count). The number of aromatic nitrogens is 2. The third kappa shape index (κ3) is 4.69. The minimum Gasteiger partial charge on any atom is -0.493 e. The molecule has 1 heterocycles. The Morgan fingerprint density at radius 3 is 2.41 bits per heavy atom. The highest BCUT2D eigenvalue weighted by Crippen LogP contribution is 2.29. The Labute approximate surface area is 165 Å². The number of amides is 1. The third-order valence-electron chi connectivity index (χ3n) is 3.59. The van der Waals surface area contributed by atoms with Gasteiger partial charge in [0.15, 0.2) is 11.5 Å². The highest BCUT2D eigenvalue weighted by molar-refractivity contribution is 6.35. The molecule has 1 aromatic heterocycles.